The average molecular weight is 617 g/mol. The molecule has 1 aliphatic carbocycles. The van der Waals surface area contributed by atoms with Crippen molar-refractivity contribution in [1.82, 2.24) is 9.80 Å². The molecule has 0 unspecified atom stereocenters. The van der Waals surface area contributed by atoms with Crippen LogP contribution >= 0.6 is 0 Å². The van der Waals surface area contributed by atoms with Gasteiger partial charge in [-0.05, 0) is 89.5 Å². The van der Waals surface area contributed by atoms with E-state index in [2.05, 4.69) is 76.5 Å². The second kappa shape index (κ2) is 13.7. The lowest BCUT2D eigenvalue weighted by Gasteiger charge is -2.39. The van der Waals surface area contributed by atoms with Crippen molar-refractivity contribution in [2.24, 2.45) is 11.3 Å². The minimum Gasteiger partial charge on any atom is -0.508 e. The summed E-state index contributed by atoms with van der Waals surface area (Å²) in [5.74, 6) is 1.57. The molecule has 3 aromatic carbocycles. The maximum atomic E-state index is 12.9. The number of benzene rings is 3. The Bertz CT molecular complexity index is 1570. The first-order valence-electron chi connectivity index (χ1n) is 17.0. The lowest BCUT2D eigenvalue weighted by molar-refractivity contribution is -0.128. The first-order chi connectivity index (χ1) is 22.2. The fourth-order valence-corrected chi connectivity index (χ4v) is 7.79. The number of hydrogen-bond donors (Lipinski definition) is 1. The molecule has 0 saturated carbocycles. The van der Waals surface area contributed by atoms with Crippen LogP contribution in [0.3, 0.4) is 0 Å². The van der Waals surface area contributed by atoms with Crippen molar-refractivity contribution < 1.29 is 9.90 Å². The van der Waals surface area contributed by atoms with Crippen molar-refractivity contribution in [2.45, 2.75) is 58.3 Å². The zero-order valence-corrected chi connectivity index (χ0v) is 27.7. The first kappa shape index (κ1) is 31.9. The van der Waals surface area contributed by atoms with Crippen molar-refractivity contribution in [3.8, 4) is 11.8 Å². The van der Waals surface area contributed by atoms with Crippen LogP contribution in [0.5, 0.6) is 5.75 Å². The van der Waals surface area contributed by atoms with E-state index in [4.69, 9.17) is 0 Å². The van der Waals surface area contributed by atoms with Crippen LogP contribution in [0.4, 0.5) is 5.69 Å². The summed E-state index contributed by atoms with van der Waals surface area (Å²) < 4.78 is 0. The largest absolute Gasteiger partial charge is 0.508 e. The lowest BCUT2D eigenvalue weighted by atomic mass is 9.69. The molecule has 3 aromatic rings. The molecule has 1 amide bonds. The van der Waals surface area contributed by atoms with E-state index in [1.807, 2.05) is 37.8 Å². The summed E-state index contributed by atoms with van der Waals surface area (Å²) in [6, 6.07) is 28.2. The number of carbonyl (C=O) groups excluding carboxylic acids is 1. The molecule has 0 bridgehead atoms. The van der Waals surface area contributed by atoms with Gasteiger partial charge in [0.05, 0.1) is 0 Å². The Morgan fingerprint density at radius 3 is 2.24 bits per heavy atom. The number of piperidine rings is 1. The van der Waals surface area contributed by atoms with Gasteiger partial charge in [-0.1, -0.05) is 75.4 Å². The molecule has 2 heterocycles. The zero-order valence-electron chi connectivity index (χ0n) is 27.7. The van der Waals surface area contributed by atoms with Gasteiger partial charge in [-0.15, -0.1) is 0 Å². The van der Waals surface area contributed by atoms with Crippen LogP contribution in [0.25, 0.3) is 0 Å². The molecule has 3 aliphatic rings. The molecule has 6 nitrogen and oxygen atoms in total. The minimum absolute atomic E-state index is 0.126. The summed E-state index contributed by atoms with van der Waals surface area (Å²) in [4.78, 5) is 19.8. The summed E-state index contributed by atoms with van der Waals surface area (Å²) >= 11 is 0. The number of nitrogens with zero attached hydrogens (tertiary/aromatic N) is 4. The SMILES string of the molecule is CC(C)(C)/C=C(/C#N)C(=O)N1CCN(CC2CCN(c3ccc([C@@H]4c5ccc(O)cc5CC[C@@H]4c4ccccc4)cc3)CC2)CC1. The van der Waals surface area contributed by atoms with Gasteiger partial charge in [0.25, 0.3) is 5.91 Å². The summed E-state index contributed by atoms with van der Waals surface area (Å²) in [7, 11) is 0. The van der Waals surface area contributed by atoms with E-state index >= 15 is 0 Å². The van der Waals surface area contributed by atoms with E-state index in [1.165, 1.54) is 40.8 Å². The molecular formula is C40H48N4O2. The van der Waals surface area contributed by atoms with Gasteiger partial charge in [0.2, 0.25) is 0 Å². The molecule has 1 N–H and O–H groups in total. The number of phenols is 1. The van der Waals surface area contributed by atoms with E-state index < -0.39 is 0 Å². The summed E-state index contributed by atoms with van der Waals surface area (Å²) in [5, 5.41) is 19.7. The topological polar surface area (TPSA) is 70.8 Å². The molecule has 2 saturated heterocycles. The number of rotatable bonds is 6. The van der Waals surface area contributed by atoms with Crippen LogP contribution in [0, 0.1) is 22.7 Å². The number of aryl methyl sites for hydroxylation is 1. The fraction of sp³-hybridized carbons (Fsp3) is 0.450. The van der Waals surface area contributed by atoms with Gasteiger partial charge in [0.15, 0.2) is 0 Å². The van der Waals surface area contributed by atoms with Gasteiger partial charge in [-0.25, -0.2) is 0 Å². The van der Waals surface area contributed by atoms with E-state index in [1.54, 1.807) is 6.08 Å². The van der Waals surface area contributed by atoms with Crippen LogP contribution < -0.4 is 4.90 Å². The van der Waals surface area contributed by atoms with Crippen molar-refractivity contribution in [1.29, 1.82) is 5.26 Å². The maximum absolute atomic E-state index is 12.9. The highest BCUT2D eigenvalue weighted by Crippen LogP contribution is 2.47. The monoisotopic (exact) mass is 616 g/mol. The second-order valence-corrected chi connectivity index (χ2v) is 14.6. The van der Waals surface area contributed by atoms with Crippen LogP contribution in [0.1, 0.15) is 74.1 Å². The number of carbonyl (C=O) groups is 1. The molecule has 0 aromatic heterocycles. The highest BCUT2D eigenvalue weighted by atomic mass is 16.3. The number of aromatic hydroxyl groups is 1. The standard InChI is InChI=1S/C40H48N4O2/c1-40(2,3)26-33(27-41)39(46)44-23-21-42(22-24-44)28-29-17-19-43(20-18-29)34-12-9-31(10-13-34)38-36(30-7-5-4-6-8-30)15-11-32-25-35(45)14-16-37(32)38/h4-10,12-14,16,25-26,29,36,38,45H,11,15,17-24,28H2,1-3H3/b33-26-/t36-,38+/m1/s1. The quantitative estimate of drug-likeness (QED) is 0.236. The predicted molar refractivity (Wildman–Crippen MR) is 185 cm³/mol. The maximum Gasteiger partial charge on any atom is 0.264 e. The van der Waals surface area contributed by atoms with Crippen molar-refractivity contribution in [3.63, 3.8) is 0 Å². The Morgan fingerprint density at radius 2 is 1.59 bits per heavy atom. The summed E-state index contributed by atoms with van der Waals surface area (Å²) in [6.45, 7) is 12.4. The predicted octanol–water partition coefficient (Wildman–Crippen LogP) is 7.11. The average Bonchev–Trinajstić information content (AvgIpc) is 3.07. The highest BCUT2D eigenvalue weighted by Gasteiger charge is 2.33. The third-order valence-electron chi connectivity index (χ3n) is 10.2. The second-order valence-electron chi connectivity index (χ2n) is 14.6. The van der Waals surface area contributed by atoms with Gasteiger partial charge in [-0.2, -0.15) is 5.26 Å². The van der Waals surface area contributed by atoms with Crippen molar-refractivity contribution in [3.05, 3.63) is 107 Å². The first-order valence-corrected chi connectivity index (χ1v) is 17.0. The zero-order chi connectivity index (χ0) is 32.3. The Balaban J connectivity index is 1.05. The van der Waals surface area contributed by atoms with Gasteiger partial charge < -0.3 is 14.9 Å². The number of phenolic OH excluding ortho intramolecular Hbond substituents is 1. The van der Waals surface area contributed by atoms with Gasteiger partial charge in [-0.3, -0.25) is 9.69 Å². The van der Waals surface area contributed by atoms with Gasteiger partial charge in [0.1, 0.15) is 17.4 Å². The normalized spacial score (nSPS) is 21.5. The van der Waals surface area contributed by atoms with E-state index in [0.29, 0.717) is 30.7 Å². The number of hydrogen-bond acceptors (Lipinski definition) is 5. The highest BCUT2D eigenvalue weighted by molar-refractivity contribution is 5.97. The molecular weight excluding hydrogens is 568 g/mol. The van der Waals surface area contributed by atoms with Gasteiger partial charge >= 0.3 is 0 Å². The molecule has 2 fully saturated rings. The molecule has 2 atom stereocenters. The van der Waals surface area contributed by atoms with E-state index in [-0.39, 0.29) is 22.8 Å². The summed E-state index contributed by atoms with van der Waals surface area (Å²) in [6.07, 6.45) is 6.19. The van der Waals surface area contributed by atoms with Crippen molar-refractivity contribution >= 4 is 11.6 Å². The van der Waals surface area contributed by atoms with Crippen molar-refractivity contribution in [2.75, 3.05) is 50.7 Å². The number of nitriles is 1. The Labute approximate surface area is 274 Å². The Hall–Kier alpha value is -4.08. The molecule has 6 heteroatoms. The Kier molecular flexibility index (Phi) is 9.52. The molecule has 240 valence electrons. The molecule has 0 spiro atoms. The Morgan fingerprint density at radius 1 is 0.891 bits per heavy atom. The molecule has 6 rings (SSSR count). The van der Waals surface area contributed by atoms with Gasteiger partial charge in [0, 0.05) is 57.4 Å². The van der Waals surface area contributed by atoms with Crippen LogP contribution in [0.15, 0.2) is 84.4 Å². The minimum atomic E-state index is -0.196. The third-order valence-corrected chi connectivity index (χ3v) is 10.2. The van der Waals surface area contributed by atoms with Crippen LogP contribution in [-0.4, -0.2) is 66.6 Å². The number of allylic oxidation sites excluding steroid dienone is 1. The number of anilines is 1. The molecule has 46 heavy (non-hydrogen) atoms. The number of amides is 1. The van der Waals surface area contributed by atoms with Crippen LogP contribution in [0.2, 0.25) is 0 Å². The fourth-order valence-electron chi connectivity index (χ4n) is 7.79. The van der Waals surface area contributed by atoms with Crippen LogP contribution in [-0.2, 0) is 11.2 Å². The summed E-state index contributed by atoms with van der Waals surface area (Å²) in [5.41, 5.74) is 6.69. The smallest absolute Gasteiger partial charge is 0.264 e. The number of fused-ring (bicyclic) bond motifs is 1. The molecule has 2 aliphatic heterocycles. The van der Waals surface area contributed by atoms with E-state index in [9.17, 15) is 15.2 Å². The lowest BCUT2D eigenvalue weighted by Crippen LogP contribution is -2.50. The third kappa shape index (κ3) is 7.32. The number of piperazine rings is 1. The van der Waals surface area contributed by atoms with E-state index in [0.717, 1.165) is 45.6 Å². The molecule has 0 radical (unpaired) electrons.